The van der Waals surface area contributed by atoms with Crippen molar-refractivity contribution in [1.82, 2.24) is 0 Å². The van der Waals surface area contributed by atoms with E-state index < -0.39 is 4.92 Å². The van der Waals surface area contributed by atoms with Gasteiger partial charge in [-0.2, -0.15) is 0 Å². The molecular formula is C7H6N2O2S. The van der Waals surface area contributed by atoms with Crippen molar-refractivity contribution in [3.63, 3.8) is 0 Å². The number of nitro groups is 1. The van der Waals surface area contributed by atoms with Gasteiger partial charge in [-0.1, -0.05) is 18.3 Å². The topological polar surface area (TPSA) is 69.2 Å². The van der Waals surface area contributed by atoms with Gasteiger partial charge >= 0.3 is 0 Å². The van der Waals surface area contributed by atoms with Crippen LogP contribution in [-0.4, -0.2) is 10.3 Å². The van der Waals surface area contributed by atoms with Crippen molar-refractivity contribution in [3.8, 4) is 0 Å². The summed E-state index contributed by atoms with van der Waals surface area (Å²) in [5.74, 6) is 0. The lowest BCUT2D eigenvalue weighted by atomic mass is 10.2. The summed E-state index contributed by atoms with van der Waals surface area (Å²) in [6.45, 7) is 0. The third-order valence-electron chi connectivity index (χ3n) is 1.39. The Morgan fingerprint density at radius 3 is 2.75 bits per heavy atom. The summed E-state index contributed by atoms with van der Waals surface area (Å²) in [6, 6.07) is 4.45. The second-order valence-corrected chi connectivity index (χ2v) is 2.43. The molecule has 0 saturated heterocycles. The molecule has 0 saturated carbocycles. The number of thiocarbonyl (C=S) groups is 1. The fraction of sp³-hybridized carbons (Fsp3) is 0. The van der Waals surface area contributed by atoms with Crippen LogP contribution in [-0.2, 0) is 0 Å². The normalized spacial score (nSPS) is 9.33. The zero-order chi connectivity index (χ0) is 9.14. The third kappa shape index (κ3) is 1.57. The Morgan fingerprint density at radius 1 is 1.58 bits per heavy atom. The van der Waals surface area contributed by atoms with Crippen LogP contribution in [0.25, 0.3) is 0 Å². The van der Waals surface area contributed by atoms with Crippen molar-refractivity contribution in [2.45, 2.75) is 0 Å². The molecule has 0 fully saturated rings. The molecule has 0 bridgehead atoms. The monoisotopic (exact) mass is 182 g/mol. The average Bonchev–Trinajstić information content (AvgIpc) is 2.05. The first-order valence-corrected chi connectivity index (χ1v) is 3.61. The van der Waals surface area contributed by atoms with E-state index in [1.807, 2.05) is 0 Å². The van der Waals surface area contributed by atoms with Crippen molar-refractivity contribution in [2.24, 2.45) is 0 Å². The van der Waals surface area contributed by atoms with Gasteiger partial charge in [0.2, 0.25) is 0 Å². The number of nitrogens with zero attached hydrogens (tertiary/aromatic N) is 1. The minimum Gasteiger partial charge on any atom is -0.393 e. The van der Waals surface area contributed by atoms with Gasteiger partial charge in [-0.15, -0.1) is 0 Å². The molecular weight excluding hydrogens is 176 g/mol. The van der Waals surface area contributed by atoms with E-state index in [1.165, 1.54) is 17.5 Å². The molecule has 0 heterocycles. The number of benzene rings is 1. The molecule has 12 heavy (non-hydrogen) atoms. The second kappa shape index (κ2) is 3.27. The van der Waals surface area contributed by atoms with Crippen LogP contribution in [0.4, 0.5) is 11.4 Å². The number of anilines is 1. The van der Waals surface area contributed by atoms with E-state index >= 15 is 0 Å². The van der Waals surface area contributed by atoms with E-state index in [2.05, 4.69) is 12.2 Å². The van der Waals surface area contributed by atoms with Gasteiger partial charge in [-0.3, -0.25) is 10.1 Å². The summed E-state index contributed by atoms with van der Waals surface area (Å²) < 4.78 is 0. The van der Waals surface area contributed by atoms with Gasteiger partial charge in [0, 0.05) is 11.4 Å². The van der Waals surface area contributed by atoms with Gasteiger partial charge in [-0.25, -0.2) is 0 Å². The minimum absolute atomic E-state index is 0.103. The Hall–Kier alpha value is -1.49. The lowest BCUT2D eigenvalue weighted by Crippen LogP contribution is -1.96. The molecule has 0 aromatic heterocycles. The molecule has 0 aliphatic heterocycles. The van der Waals surface area contributed by atoms with Crippen LogP contribution in [0.5, 0.6) is 0 Å². The highest BCUT2D eigenvalue weighted by atomic mass is 32.1. The van der Waals surface area contributed by atoms with Crippen LogP contribution < -0.4 is 5.73 Å². The molecule has 0 amide bonds. The summed E-state index contributed by atoms with van der Waals surface area (Å²) in [4.78, 5) is 9.84. The Labute approximate surface area is 74.1 Å². The SMILES string of the molecule is Nc1ccc(C=S)cc1[N+](=O)[O-]. The number of nitro benzene ring substituents is 1. The molecule has 0 radical (unpaired) electrons. The smallest absolute Gasteiger partial charge is 0.292 e. The quantitative estimate of drug-likeness (QED) is 0.326. The first-order chi connectivity index (χ1) is 5.65. The van der Waals surface area contributed by atoms with Crippen molar-refractivity contribution >= 4 is 29.0 Å². The van der Waals surface area contributed by atoms with Gasteiger partial charge < -0.3 is 5.73 Å². The van der Waals surface area contributed by atoms with Crippen LogP contribution in [0.2, 0.25) is 0 Å². The number of nitrogens with two attached hydrogens (primary N) is 1. The van der Waals surface area contributed by atoms with Crippen molar-refractivity contribution in [2.75, 3.05) is 5.73 Å². The Balaban J connectivity index is 3.25. The molecule has 1 aromatic rings. The van der Waals surface area contributed by atoms with Gasteiger partial charge in [0.25, 0.3) is 5.69 Å². The lowest BCUT2D eigenvalue weighted by molar-refractivity contribution is -0.383. The Bertz CT molecular complexity index is 338. The van der Waals surface area contributed by atoms with Gasteiger partial charge in [0.1, 0.15) is 5.69 Å². The highest BCUT2D eigenvalue weighted by Crippen LogP contribution is 2.21. The fourth-order valence-corrected chi connectivity index (χ4v) is 0.939. The molecule has 0 atom stereocenters. The molecule has 62 valence electrons. The molecule has 5 heteroatoms. The zero-order valence-electron chi connectivity index (χ0n) is 6.06. The molecule has 1 aromatic carbocycles. The molecule has 0 spiro atoms. The molecule has 4 nitrogen and oxygen atoms in total. The maximum atomic E-state index is 10.4. The Morgan fingerprint density at radius 2 is 2.25 bits per heavy atom. The highest BCUT2D eigenvalue weighted by molar-refractivity contribution is 7.79. The number of rotatable bonds is 2. The van der Waals surface area contributed by atoms with E-state index in [9.17, 15) is 10.1 Å². The van der Waals surface area contributed by atoms with E-state index in [4.69, 9.17) is 5.73 Å². The molecule has 0 unspecified atom stereocenters. The van der Waals surface area contributed by atoms with E-state index in [0.29, 0.717) is 5.56 Å². The van der Waals surface area contributed by atoms with Crippen molar-refractivity contribution in [1.29, 1.82) is 0 Å². The first kappa shape index (κ1) is 8.61. The molecule has 2 N–H and O–H groups in total. The largest absolute Gasteiger partial charge is 0.393 e. The summed E-state index contributed by atoms with van der Waals surface area (Å²) in [6.07, 6.45) is 0. The van der Waals surface area contributed by atoms with Gasteiger partial charge in [0.05, 0.1) is 4.92 Å². The number of hydrogen-bond acceptors (Lipinski definition) is 4. The van der Waals surface area contributed by atoms with E-state index in [0.717, 1.165) is 0 Å². The molecule has 0 aliphatic carbocycles. The summed E-state index contributed by atoms with van der Waals surface area (Å²) in [5, 5.41) is 11.7. The van der Waals surface area contributed by atoms with Crippen LogP contribution in [0.15, 0.2) is 18.2 Å². The predicted molar refractivity (Wildman–Crippen MR) is 50.3 cm³/mol. The second-order valence-electron chi connectivity index (χ2n) is 2.19. The number of hydrogen-bond donors (Lipinski definition) is 1. The van der Waals surface area contributed by atoms with Crippen LogP contribution in [0, 0.1) is 10.1 Å². The maximum absolute atomic E-state index is 10.4. The minimum atomic E-state index is -0.530. The average molecular weight is 182 g/mol. The van der Waals surface area contributed by atoms with Crippen LogP contribution in [0.3, 0.4) is 0 Å². The number of nitrogen functional groups attached to an aromatic ring is 1. The van der Waals surface area contributed by atoms with E-state index in [1.54, 1.807) is 6.07 Å². The van der Waals surface area contributed by atoms with Gasteiger partial charge in [-0.05, 0) is 11.6 Å². The summed E-state index contributed by atoms with van der Waals surface area (Å²) in [7, 11) is 0. The predicted octanol–water partition coefficient (Wildman–Crippen LogP) is 1.52. The van der Waals surface area contributed by atoms with Gasteiger partial charge in [0.15, 0.2) is 0 Å². The van der Waals surface area contributed by atoms with E-state index in [-0.39, 0.29) is 11.4 Å². The maximum Gasteiger partial charge on any atom is 0.292 e. The first-order valence-electron chi connectivity index (χ1n) is 3.14. The Kier molecular flexibility index (Phi) is 2.35. The highest BCUT2D eigenvalue weighted by Gasteiger charge is 2.10. The summed E-state index contributed by atoms with van der Waals surface area (Å²) in [5.41, 5.74) is 6.02. The lowest BCUT2D eigenvalue weighted by Gasteiger charge is -1.96. The third-order valence-corrected chi connectivity index (χ3v) is 1.66. The zero-order valence-corrected chi connectivity index (χ0v) is 6.88. The summed E-state index contributed by atoms with van der Waals surface area (Å²) >= 11 is 4.62. The standard InChI is InChI=1S/C7H6N2O2S/c8-6-2-1-5(4-12)3-7(6)9(10)11/h1-4H,8H2. The van der Waals surface area contributed by atoms with Crippen LogP contribution in [0.1, 0.15) is 5.56 Å². The van der Waals surface area contributed by atoms with Crippen molar-refractivity contribution in [3.05, 3.63) is 33.9 Å². The van der Waals surface area contributed by atoms with Crippen LogP contribution >= 0.6 is 12.2 Å². The molecule has 1 rings (SSSR count). The molecule has 0 aliphatic rings. The van der Waals surface area contributed by atoms with Crippen molar-refractivity contribution < 1.29 is 4.92 Å². The fourth-order valence-electron chi connectivity index (χ4n) is 0.792.